The Hall–Kier alpha value is -0.930. The Kier molecular flexibility index (Phi) is 5.29. The summed E-state index contributed by atoms with van der Waals surface area (Å²) in [6, 6.07) is 6.28. The van der Waals surface area contributed by atoms with Crippen LogP contribution in [0.2, 0.25) is 0 Å². The molecule has 1 heterocycles. The van der Waals surface area contributed by atoms with Gasteiger partial charge in [-0.2, -0.15) is 0 Å². The van der Waals surface area contributed by atoms with Crippen molar-refractivity contribution in [3.8, 4) is 0 Å². The lowest BCUT2D eigenvalue weighted by molar-refractivity contribution is 0.157. The van der Waals surface area contributed by atoms with Crippen LogP contribution in [-0.4, -0.2) is 25.2 Å². The molecule has 0 saturated heterocycles. The monoisotopic (exact) mass is 208 g/mol. The van der Waals surface area contributed by atoms with Gasteiger partial charge in [0.05, 0.1) is 5.69 Å². The van der Waals surface area contributed by atoms with Gasteiger partial charge in [-0.05, 0) is 25.0 Å². The number of methoxy groups -OCH3 is 1. The number of rotatable bonds is 6. The van der Waals surface area contributed by atoms with Gasteiger partial charge < -0.3 is 10.1 Å². The molecule has 0 aliphatic rings. The van der Waals surface area contributed by atoms with E-state index in [0.29, 0.717) is 12.0 Å². The maximum absolute atomic E-state index is 5.09. The molecule has 1 unspecified atom stereocenters. The zero-order chi connectivity index (χ0) is 11.1. The van der Waals surface area contributed by atoms with Crippen LogP contribution >= 0.6 is 0 Å². The molecule has 0 aliphatic carbocycles. The van der Waals surface area contributed by atoms with Crippen LogP contribution in [0, 0.1) is 5.92 Å². The summed E-state index contributed by atoms with van der Waals surface area (Å²) >= 11 is 0. The molecule has 15 heavy (non-hydrogen) atoms. The Morgan fingerprint density at radius 1 is 1.40 bits per heavy atom. The van der Waals surface area contributed by atoms with Gasteiger partial charge in [0.15, 0.2) is 0 Å². The van der Waals surface area contributed by atoms with E-state index in [0.717, 1.165) is 18.8 Å². The average molecular weight is 208 g/mol. The Labute approximate surface area is 91.9 Å². The lowest BCUT2D eigenvalue weighted by atomic mass is 10.1. The third-order valence-electron chi connectivity index (χ3n) is 2.36. The summed E-state index contributed by atoms with van der Waals surface area (Å²) in [4.78, 5) is 4.31. The predicted octanol–water partition coefficient (Wildman–Crippen LogP) is 2.01. The van der Waals surface area contributed by atoms with Crippen LogP contribution in [0.25, 0.3) is 0 Å². The maximum atomic E-state index is 5.09. The van der Waals surface area contributed by atoms with Gasteiger partial charge in [-0.3, -0.25) is 4.98 Å². The highest BCUT2D eigenvalue weighted by atomic mass is 16.5. The number of hydrogen-bond donors (Lipinski definition) is 1. The highest BCUT2D eigenvalue weighted by Gasteiger charge is 2.07. The van der Waals surface area contributed by atoms with E-state index in [1.807, 2.05) is 24.4 Å². The molecule has 1 aromatic rings. The first-order valence-electron chi connectivity index (χ1n) is 5.37. The van der Waals surface area contributed by atoms with E-state index in [1.165, 1.54) is 0 Å². The summed E-state index contributed by atoms with van der Waals surface area (Å²) in [7, 11) is 1.73. The van der Waals surface area contributed by atoms with Crippen molar-refractivity contribution in [1.29, 1.82) is 0 Å². The quantitative estimate of drug-likeness (QED) is 0.776. The third-order valence-corrected chi connectivity index (χ3v) is 2.36. The summed E-state index contributed by atoms with van der Waals surface area (Å²) in [6.45, 7) is 6.04. The third kappa shape index (κ3) is 4.40. The van der Waals surface area contributed by atoms with E-state index in [9.17, 15) is 0 Å². The predicted molar refractivity (Wildman–Crippen MR) is 61.7 cm³/mol. The van der Waals surface area contributed by atoms with Gasteiger partial charge in [0, 0.05) is 32.5 Å². The van der Waals surface area contributed by atoms with E-state index in [4.69, 9.17) is 4.74 Å². The smallest absolute Gasteiger partial charge is 0.0570 e. The lowest BCUT2D eigenvalue weighted by Crippen LogP contribution is -2.26. The summed E-state index contributed by atoms with van der Waals surface area (Å²) in [5.74, 6) is 0.529. The van der Waals surface area contributed by atoms with Gasteiger partial charge in [0.2, 0.25) is 0 Å². The van der Waals surface area contributed by atoms with E-state index in [2.05, 4.69) is 24.1 Å². The molecule has 0 aliphatic heterocycles. The molecule has 2 atom stereocenters. The van der Waals surface area contributed by atoms with Crippen LogP contribution in [0.5, 0.6) is 0 Å². The van der Waals surface area contributed by atoms with E-state index in [-0.39, 0.29) is 0 Å². The highest BCUT2D eigenvalue weighted by molar-refractivity contribution is 5.07. The van der Waals surface area contributed by atoms with Crippen molar-refractivity contribution in [3.63, 3.8) is 0 Å². The fourth-order valence-corrected chi connectivity index (χ4v) is 1.46. The lowest BCUT2D eigenvalue weighted by Gasteiger charge is -2.16. The van der Waals surface area contributed by atoms with Crippen LogP contribution < -0.4 is 5.32 Å². The largest absolute Gasteiger partial charge is 0.384 e. The molecule has 0 fully saturated rings. The van der Waals surface area contributed by atoms with Crippen molar-refractivity contribution >= 4 is 0 Å². The molecule has 1 rings (SSSR count). The highest BCUT2D eigenvalue weighted by Crippen LogP contribution is 2.08. The molecule has 3 heteroatoms. The molecule has 1 aromatic heterocycles. The van der Waals surface area contributed by atoms with Gasteiger partial charge in [0.25, 0.3) is 0 Å². The summed E-state index contributed by atoms with van der Waals surface area (Å²) in [5.41, 5.74) is 1.09. The SMILES string of the molecule is COCC(C)CN[C@H](C)c1ccccn1. The van der Waals surface area contributed by atoms with Crippen molar-refractivity contribution in [2.24, 2.45) is 5.92 Å². The summed E-state index contributed by atoms with van der Waals surface area (Å²) < 4.78 is 5.09. The zero-order valence-electron chi connectivity index (χ0n) is 9.73. The topological polar surface area (TPSA) is 34.1 Å². The Morgan fingerprint density at radius 3 is 2.80 bits per heavy atom. The first-order chi connectivity index (χ1) is 7.24. The number of nitrogens with zero attached hydrogens (tertiary/aromatic N) is 1. The Balaban J connectivity index is 2.33. The zero-order valence-corrected chi connectivity index (χ0v) is 9.73. The minimum atomic E-state index is 0.297. The van der Waals surface area contributed by atoms with Gasteiger partial charge in [0.1, 0.15) is 0 Å². The number of aromatic nitrogens is 1. The first kappa shape index (κ1) is 12.1. The molecule has 0 spiro atoms. The molecule has 84 valence electrons. The van der Waals surface area contributed by atoms with Crippen molar-refractivity contribution in [3.05, 3.63) is 30.1 Å². The number of nitrogens with one attached hydrogen (secondary N) is 1. The maximum Gasteiger partial charge on any atom is 0.0570 e. The summed E-state index contributed by atoms with van der Waals surface area (Å²) in [6.07, 6.45) is 1.83. The minimum Gasteiger partial charge on any atom is -0.384 e. The molecule has 1 N–H and O–H groups in total. The van der Waals surface area contributed by atoms with Crippen LogP contribution in [0.4, 0.5) is 0 Å². The number of ether oxygens (including phenoxy) is 1. The van der Waals surface area contributed by atoms with Gasteiger partial charge in [-0.25, -0.2) is 0 Å². The van der Waals surface area contributed by atoms with E-state index >= 15 is 0 Å². The molecule has 0 bridgehead atoms. The fraction of sp³-hybridized carbons (Fsp3) is 0.583. The van der Waals surface area contributed by atoms with E-state index < -0.39 is 0 Å². The van der Waals surface area contributed by atoms with Crippen LogP contribution in [-0.2, 0) is 4.74 Å². The summed E-state index contributed by atoms with van der Waals surface area (Å²) in [5, 5.41) is 3.44. The van der Waals surface area contributed by atoms with Crippen LogP contribution in [0.3, 0.4) is 0 Å². The first-order valence-corrected chi connectivity index (χ1v) is 5.37. The van der Waals surface area contributed by atoms with Gasteiger partial charge >= 0.3 is 0 Å². The molecule has 0 radical (unpaired) electrons. The number of pyridine rings is 1. The standard InChI is InChI=1S/C12H20N2O/c1-10(9-15-3)8-14-11(2)12-6-4-5-7-13-12/h4-7,10-11,14H,8-9H2,1-3H3/t10?,11-/m1/s1. The fourth-order valence-electron chi connectivity index (χ4n) is 1.46. The molecule has 0 aromatic carbocycles. The van der Waals surface area contributed by atoms with Crippen molar-refractivity contribution in [1.82, 2.24) is 10.3 Å². The van der Waals surface area contributed by atoms with Crippen molar-refractivity contribution in [2.45, 2.75) is 19.9 Å². The van der Waals surface area contributed by atoms with Crippen LogP contribution in [0.1, 0.15) is 25.6 Å². The number of hydrogen-bond acceptors (Lipinski definition) is 3. The second-order valence-electron chi connectivity index (χ2n) is 3.95. The van der Waals surface area contributed by atoms with Crippen molar-refractivity contribution < 1.29 is 4.74 Å². The van der Waals surface area contributed by atoms with Gasteiger partial charge in [-0.1, -0.05) is 13.0 Å². The van der Waals surface area contributed by atoms with Gasteiger partial charge in [-0.15, -0.1) is 0 Å². The molecular formula is C12H20N2O. The van der Waals surface area contributed by atoms with Crippen molar-refractivity contribution in [2.75, 3.05) is 20.3 Å². The normalized spacial score (nSPS) is 14.9. The second-order valence-corrected chi connectivity index (χ2v) is 3.95. The van der Waals surface area contributed by atoms with E-state index in [1.54, 1.807) is 7.11 Å². The molecular weight excluding hydrogens is 188 g/mol. The molecule has 0 saturated carbocycles. The molecule has 0 amide bonds. The average Bonchev–Trinajstić information content (AvgIpc) is 2.27. The Morgan fingerprint density at radius 2 is 2.20 bits per heavy atom. The van der Waals surface area contributed by atoms with Crippen LogP contribution in [0.15, 0.2) is 24.4 Å². The Bertz CT molecular complexity index is 264. The second kappa shape index (κ2) is 6.53. The minimum absolute atomic E-state index is 0.297. The molecule has 3 nitrogen and oxygen atoms in total.